The number of aliphatic hydroxyl groups is 1. The van der Waals surface area contributed by atoms with Crippen molar-refractivity contribution >= 4 is 5.95 Å². The summed E-state index contributed by atoms with van der Waals surface area (Å²) in [5.41, 5.74) is 0.733. The molecule has 0 saturated carbocycles. The van der Waals surface area contributed by atoms with Crippen molar-refractivity contribution in [2.24, 2.45) is 0 Å². The van der Waals surface area contributed by atoms with Crippen LogP contribution in [0.15, 0.2) is 36.5 Å². The molecule has 1 N–H and O–H groups in total. The number of aromatic nitrogens is 2. The summed E-state index contributed by atoms with van der Waals surface area (Å²) in [4.78, 5) is 13.0. The number of benzene rings is 1. The van der Waals surface area contributed by atoms with E-state index in [2.05, 4.69) is 19.8 Å². The van der Waals surface area contributed by atoms with Gasteiger partial charge < -0.3 is 14.7 Å². The van der Waals surface area contributed by atoms with Gasteiger partial charge in [-0.15, -0.1) is 0 Å². The molecule has 7 heteroatoms. The van der Waals surface area contributed by atoms with Gasteiger partial charge in [0.1, 0.15) is 5.82 Å². The quantitative estimate of drug-likeness (QED) is 0.862. The van der Waals surface area contributed by atoms with Crippen molar-refractivity contribution in [1.82, 2.24) is 14.9 Å². The zero-order chi connectivity index (χ0) is 17.6. The predicted molar refractivity (Wildman–Crippen MR) is 93.2 cm³/mol. The van der Waals surface area contributed by atoms with Crippen molar-refractivity contribution < 1.29 is 14.2 Å². The summed E-state index contributed by atoms with van der Waals surface area (Å²) in [6, 6.07) is 7.76. The maximum absolute atomic E-state index is 13.0. The van der Waals surface area contributed by atoms with Gasteiger partial charge in [-0.2, -0.15) is 4.98 Å². The van der Waals surface area contributed by atoms with Crippen LogP contribution in [0.5, 0.6) is 5.88 Å². The highest BCUT2D eigenvalue weighted by Gasteiger charge is 2.21. The molecule has 1 saturated heterocycles. The van der Waals surface area contributed by atoms with E-state index in [0.29, 0.717) is 25.0 Å². The minimum atomic E-state index is -0.621. The predicted octanol–water partition coefficient (Wildman–Crippen LogP) is 1.87. The topological polar surface area (TPSA) is 61.7 Å². The van der Waals surface area contributed by atoms with Gasteiger partial charge in [-0.25, -0.2) is 9.37 Å². The summed E-state index contributed by atoms with van der Waals surface area (Å²) in [6.07, 6.45) is 1.09. The second kappa shape index (κ2) is 8.22. The summed E-state index contributed by atoms with van der Waals surface area (Å²) in [7, 11) is 0. The Labute approximate surface area is 146 Å². The molecule has 0 bridgehead atoms. The summed E-state index contributed by atoms with van der Waals surface area (Å²) in [5, 5.41) is 10.3. The molecule has 0 spiro atoms. The standard InChI is InChI=1S/C18H23FN4O2/c1-2-25-17-7-8-20-18(21-17)23-11-9-22(10-12-23)13-16(24)14-3-5-15(19)6-4-14/h3-8,16,24H,2,9-13H2,1H3/t16-/m1/s1. The number of rotatable bonds is 6. The third kappa shape index (κ3) is 4.64. The first-order valence-electron chi connectivity index (χ1n) is 8.52. The second-order valence-electron chi connectivity index (χ2n) is 5.98. The van der Waals surface area contributed by atoms with Crippen LogP contribution in [0, 0.1) is 5.82 Å². The summed E-state index contributed by atoms with van der Waals surface area (Å²) < 4.78 is 18.4. The fourth-order valence-corrected chi connectivity index (χ4v) is 2.88. The van der Waals surface area contributed by atoms with Gasteiger partial charge in [0.25, 0.3) is 0 Å². The van der Waals surface area contributed by atoms with Crippen molar-refractivity contribution in [3.63, 3.8) is 0 Å². The second-order valence-corrected chi connectivity index (χ2v) is 5.98. The van der Waals surface area contributed by atoms with E-state index in [-0.39, 0.29) is 5.82 Å². The van der Waals surface area contributed by atoms with Crippen LogP contribution in [0.1, 0.15) is 18.6 Å². The first-order valence-corrected chi connectivity index (χ1v) is 8.52. The molecule has 0 aliphatic carbocycles. The van der Waals surface area contributed by atoms with Crippen LogP contribution in [0.4, 0.5) is 10.3 Å². The number of nitrogens with zero attached hydrogens (tertiary/aromatic N) is 4. The van der Waals surface area contributed by atoms with Crippen molar-refractivity contribution in [1.29, 1.82) is 0 Å². The van der Waals surface area contributed by atoms with Gasteiger partial charge in [-0.1, -0.05) is 12.1 Å². The molecule has 134 valence electrons. The van der Waals surface area contributed by atoms with E-state index in [1.54, 1.807) is 24.4 Å². The lowest BCUT2D eigenvalue weighted by molar-refractivity contribution is 0.109. The monoisotopic (exact) mass is 346 g/mol. The van der Waals surface area contributed by atoms with Gasteiger partial charge >= 0.3 is 0 Å². The smallest absolute Gasteiger partial charge is 0.228 e. The first kappa shape index (κ1) is 17.6. The highest BCUT2D eigenvalue weighted by Crippen LogP contribution is 2.18. The van der Waals surface area contributed by atoms with E-state index in [9.17, 15) is 9.50 Å². The number of β-amino-alcohol motifs (C(OH)–C–C–N with tert-alkyl or cyclic N) is 1. The average Bonchev–Trinajstić information content (AvgIpc) is 2.63. The molecule has 1 aromatic heterocycles. The Morgan fingerprint density at radius 1 is 1.16 bits per heavy atom. The molecule has 25 heavy (non-hydrogen) atoms. The summed E-state index contributed by atoms with van der Waals surface area (Å²) in [5.74, 6) is 0.963. The Hall–Kier alpha value is -2.25. The van der Waals surface area contributed by atoms with Gasteiger partial charge in [0.05, 0.1) is 12.7 Å². The summed E-state index contributed by atoms with van der Waals surface area (Å²) >= 11 is 0. The largest absolute Gasteiger partial charge is 0.478 e. The molecular weight excluding hydrogens is 323 g/mol. The number of anilines is 1. The number of piperazine rings is 1. The van der Waals surface area contributed by atoms with E-state index >= 15 is 0 Å². The number of hydrogen-bond acceptors (Lipinski definition) is 6. The first-order chi connectivity index (χ1) is 12.2. The normalized spacial score (nSPS) is 16.7. The summed E-state index contributed by atoms with van der Waals surface area (Å²) in [6.45, 7) is 6.20. The van der Waals surface area contributed by atoms with Gasteiger partial charge in [0.15, 0.2) is 0 Å². The van der Waals surface area contributed by atoms with Gasteiger partial charge in [-0.3, -0.25) is 4.90 Å². The van der Waals surface area contributed by atoms with Gasteiger partial charge in [0, 0.05) is 45.0 Å². The van der Waals surface area contributed by atoms with Crippen LogP contribution in [0.3, 0.4) is 0 Å². The molecular formula is C18H23FN4O2. The average molecular weight is 346 g/mol. The molecule has 1 atom stereocenters. The molecule has 2 aromatic rings. The Morgan fingerprint density at radius 3 is 2.56 bits per heavy atom. The van der Waals surface area contributed by atoms with Crippen LogP contribution in [-0.2, 0) is 0 Å². The van der Waals surface area contributed by atoms with Crippen molar-refractivity contribution in [3.05, 3.63) is 47.9 Å². The highest BCUT2D eigenvalue weighted by atomic mass is 19.1. The fourth-order valence-electron chi connectivity index (χ4n) is 2.88. The number of halogens is 1. The minimum absolute atomic E-state index is 0.293. The van der Waals surface area contributed by atoms with Crippen LogP contribution in [-0.4, -0.2) is 59.3 Å². The molecule has 0 radical (unpaired) electrons. The fraction of sp³-hybridized carbons (Fsp3) is 0.444. The van der Waals surface area contributed by atoms with Crippen molar-refractivity contribution in [2.75, 3.05) is 44.2 Å². The Bertz CT molecular complexity index is 675. The van der Waals surface area contributed by atoms with Crippen LogP contribution >= 0.6 is 0 Å². The lowest BCUT2D eigenvalue weighted by atomic mass is 10.1. The molecule has 1 fully saturated rings. The molecule has 3 rings (SSSR count). The lowest BCUT2D eigenvalue weighted by Crippen LogP contribution is -2.48. The van der Waals surface area contributed by atoms with E-state index in [1.807, 2.05) is 6.92 Å². The molecule has 2 heterocycles. The number of hydrogen-bond donors (Lipinski definition) is 1. The molecule has 6 nitrogen and oxygen atoms in total. The maximum Gasteiger partial charge on any atom is 0.228 e. The lowest BCUT2D eigenvalue weighted by Gasteiger charge is -2.35. The molecule has 1 aliphatic rings. The van der Waals surface area contributed by atoms with E-state index in [0.717, 1.165) is 31.7 Å². The Morgan fingerprint density at radius 2 is 1.88 bits per heavy atom. The van der Waals surface area contributed by atoms with Gasteiger partial charge in [-0.05, 0) is 24.6 Å². The Balaban J connectivity index is 1.53. The zero-order valence-corrected chi connectivity index (χ0v) is 14.3. The van der Waals surface area contributed by atoms with Crippen LogP contribution in [0.25, 0.3) is 0 Å². The SMILES string of the molecule is CCOc1ccnc(N2CCN(C[C@@H](O)c3ccc(F)cc3)CC2)n1. The van der Waals surface area contributed by atoms with Crippen LogP contribution in [0.2, 0.25) is 0 Å². The van der Waals surface area contributed by atoms with Crippen LogP contribution < -0.4 is 9.64 Å². The number of ether oxygens (including phenoxy) is 1. The van der Waals surface area contributed by atoms with E-state index < -0.39 is 6.10 Å². The molecule has 0 amide bonds. The van der Waals surface area contributed by atoms with Crippen molar-refractivity contribution in [2.45, 2.75) is 13.0 Å². The highest BCUT2D eigenvalue weighted by molar-refractivity contribution is 5.32. The maximum atomic E-state index is 13.0. The molecule has 0 unspecified atom stereocenters. The number of aliphatic hydroxyl groups excluding tert-OH is 1. The van der Waals surface area contributed by atoms with E-state index in [4.69, 9.17) is 4.74 Å². The van der Waals surface area contributed by atoms with Gasteiger partial charge in [0.2, 0.25) is 11.8 Å². The zero-order valence-electron chi connectivity index (χ0n) is 14.3. The third-order valence-corrected chi connectivity index (χ3v) is 4.25. The molecule has 1 aliphatic heterocycles. The minimum Gasteiger partial charge on any atom is -0.478 e. The third-order valence-electron chi connectivity index (χ3n) is 4.25. The Kier molecular flexibility index (Phi) is 5.78. The van der Waals surface area contributed by atoms with E-state index in [1.165, 1.54) is 12.1 Å². The molecule has 1 aromatic carbocycles. The van der Waals surface area contributed by atoms with Crippen molar-refractivity contribution in [3.8, 4) is 5.88 Å².